The third kappa shape index (κ3) is 4.61. The summed E-state index contributed by atoms with van der Waals surface area (Å²) in [6, 6.07) is 14.7. The van der Waals surface area contributed by atoms with E-state index in [9.17, 15) is 14.4 Å². The summed E-state index contributed by atoms with van der Waals surface area (Å²) in [7, 11) is 0. The third-order valence-electron chi connectivity index (χ3n) is 5.57. The Balaban J connectivity index is 1.70. The summed E-state index contributed by atoms with van der Waals surface area (Å²) in [6.45, 7) is 6.21. The molecule has 4 rings (SSSR count). The summed E-state index contributed by atoms with van der Waals surface area (Å²) in [5.41, 5.74) is 3.08. The van der Waals surface area contributed by atoms with Crippen LogP contribution in [0.4, 0.5) is 5.69 Å². The predicted octanol–water partition coefficient (Wildman–Crippen LogP) is 3.93. The summed E-state index contributed by atoms with van der Waals surface area (Å²) >= 11 is 1.26. The molecule has 1 N–H and O–H groups in total. The lowest BCUT2D eigenvalue weighted by molar-refractivity contribution is -0.116. The molecule has 4 aromatic rings. The molecule has 1 amide bonds. The largest absolute Gasteiger partial charge is 0.494 e. The monoisotopic (exact) mass is 463 g/mol. The molecule has 0 fully saturated rings. The number of benzene rings is 2. The summed E-state index contributed by atoms with van der Waals surface area (Å²) < 4.78 is 8.51. The van der Waals surface area contributed by atoms with Crippen molar-refractivity contribution in [3.63, 3.8) is 0 Å². The lowest BCUT2D eigenvalue weighted by atomic mass is 10.1. The lowest BCUT2D eigenvalue weighted by Crippen LogP contribution is -2.41. The van der Waals surface area contributed by atoms with Crippen molar-refractivity contribution in [2.24, 2.45) is 0 Å². The van der Waals surface area contributed by atoms with Crippen molar-refractivity contribution < 1.29 is 9.53 Å². The first-order chi connectivity index (χ1) is 15.9. The molecule has 7 nitrogen and oxygen atoms in total. The molecule has 33 heavy (non-hydrogen) atoms. The molecule has 0 saturated carbocycles. The van der Waals surface area contributed by atoms with Gasteiger partial charge in [-0.15, -0.1) is 11.3 Å². The summed E-state index contributed by atoms with van der Waals surface area (Å²) in [4.78, 5) is 39.3. The van der Waals surface area contributed by atoms with E-state index in [2.05, 4.69) is 5.32 Å². The fraction of sp³-hybridized carbons (Fsp3) is 0.240. The first kappa shape index (κ1) is 22.5. The number of aromatic nitrogens is 2. The number of carbonyl (C=O) groups is 1. The highest BCUT2D eigenvalue weighted by atomic mass is 32.1. The van der Waals surface area contributed by atoms with Crippen LogP contribution in [0.2, 0.25) is 0 Å². The number of nitrogens with zero attached hydrogens (tertiary/aromatic N) is 2. The highest BCUT2D eigenvalue weighted by Crippen LogP contribution is 2.19. The number of thiophene rings is 1. The fourth-order valence-electron chi connectivity index (χ4n) is 3.73. The van der Waals surface area contributed by atoms with Crippen molar-refractivity contribution >= 4 is 33.1 Å². The molecule has 170 valence electrons. The summed E-state index contributed by atoms with van der Waals surface area (Å²) in [5.74, 6) is 0.343. The Morgan fingerprint density at radius 3 is 2.64 bits per heavy atom. The van der Waals surface area contributed by atoms with Crippen molar-refractivity contribution in [1.82, 2.24) is 9.13 Å². The molecule has 2 aromatic carbocycles. The van der Waals surface area contributed by atoms with Gasteiger partial charge < -0.3 is 10.1 Å². The average Bonchev–Trinajstić information content (AvgIpc) is 3.28. The van der Waals surface area contributed by atoms with E-state index in [1.807, 2.05) is 63.2 Å². The average molecular weight is 464 g/mol. The van der Waals surface area contributed by atoms with Gasteiger partial charge in [-0.3, -0.25) is 18.7 Å². The van der Waals surface area contributed by atoms with Crippen LogP contribution in [0.25, 0.3) is 10.2 Å². The molecule has 0 spiro atoms. The number of fused-ring (bicyclic) bond motifs is 1. The van der Waals surface area contributed by atoms with Crippen LogP contribution in [-0.4, -0.2) is 21.6 Å². The molecule has 0 saturated heterocycles. The molecular weight excluding hydrogens is 438 g/mol. The van der Waals surface area contributed by atoms with Gasteiger partial charge in [0.25, 0.3) is 5.56 Å². The van der Waals surface area contributed by atoms with Gasteiger partial charge in [0.2, 0.25) is 5.91 Å². The Hall–Kier alpha value is -3.65. The minimum atomic E-state index is -0.524. The zero-order chi connectivity index (χ0) is 23.5. The maximum Gasteiger partial charge on any atom is 0.332 e. The maximum atomic E-state index is 13.3. The molecule has 0 aliphatic heterocycles. The van der Waals surface area contributed by atoms with Gasteiger partial charge in [0, 0.05) is 5.69 Å². The number of aryl methyl sites for hydroxylation is 1. The standard InChI is InChI=1S/C25H25N3O4S/c1-4-32-19-9-6-8-18(13-19)14-28-24(30)23-21(11-12-33-23)27(25(28)31)15-22(29)26-20-10-5-7-16(2)17(20)3/h5-13H,4,14-15H2,1-3H3,(H,26,29). The second-order valence-electron chi connectivity index (χ2n) is 7.77. The van der Waals surface area contributed by atoms with Crippen molar-refractivity contribution in [3.8, 4) is 5.75 Å². The van der Waals surface area contributed by atoms with Gasteiger partial charge in [-0.2, -0.15) is 0 Å². The van der Waals surface area contributed by atoms with Crippen LogP contribution in [-0.2, 0) is 17.9 Å². The Morgan fingerprint density at radius 2 is 1.85 bits per heavy atom. The van der Waals surface area contributed by atoms with Gasteiger partial charge in [-0.25, -0.2) is 4.79 Å². The van der Waals surface area contributed by atoms with Crippen LogP contribution in [0.3, 0.4) is 0 Å². The van der Waals surface area contributed by atoms with Crippen molar-refractivity contribution in [2.75, 3.05) is 11.9 Å². The molecule has 2 aromatic heterocycles. The number of hydrogen-bond donors (Lipinski definition) is 1. The Bertz CT molecular complexity index is 1450. The molecule has 2 heterocycles. The quantitative estimate of drug-likeness (QED) is 0.450. The molecule has 0 aliphatic carbocycles. The fourth-order valence-corrected chi connectivity index (χ4v) is 4.57. The number of nitrogens with one attached hydrogen (secondary N) is 1. The van der Waals surface area contributed by atoms with Crippen LogP contribution in [0.1, 0.15) is 23.6 Å². The van der Waals surface area contributed by atoms with E-state index >= 15 is 0 Å². The first-order valence-corrected chi connectivity index (χ1v) is 11.6. The third-order valence-corrected chi connectivity index (χ3v) is 6.46. The van der Waals surface area contributed by atoms with Gasteiger partial charge in [0.05, 0.1) is 18.7 Å². The number of anilines is 1. The maximum absolute atomic E-state index is 13.3. The highest BCUT2D eigenvalue weighted by Gasteiger charge is 2.17. The van der Waals surface area contributed by atoms with E-state index < -0.39 is 5.69 Å². The molecular formula is C25H25N3O4S. The topological polar surface area (TPSA) is 82.3 Å². The molecule has 0 atom stereocenters. The van der Waals surface area contributed by atoms with Gasteiger partial charge in [-0.1, -0.05) is 24.3 Å². The molecule has 0 unspecified atom stereocenters. The molecule has 0 aliphatic rings. The normalized spacial score (nSPS) is 11.0. The number of rotatable bonds is 7. The molecule has 0 bridgehead atoms. The minimum absolute atomic E-state index is 0.0883. The Kier molecular flexibility index (Phi) is 6.46. The van der Waals surface area contributed by atoms with E-state index in [0.717, 1.165) is 16.7 Å². The smallest absolute Gasteiger partial charge is 0.332 e. The second-order valence-corrected chi connectivity index (χ2v) is 8.69. The van der Waals surface area contributed by atoms with E-state index in [4.69, 9.17) is 4.74 Å². The number of carbonyl (C=O) groups excluding carboxylic acids is 1. The van der Waals surface area contributed by atoms with Gasteiger partial charge in [-0.05, 0) is 67.1 Å². The predicted molar refractivity (Wildman–Crippen MR) is 132 cm³/mol. The van der Waals surface area contributed by atoms with Crippen molar-refractivity contribution in [3.05, 3.63) is 91.4 Å². The van der Waals surface area contributed by atoms with E-state index in [-0.39, 0.29) is 24.6 Å². The zero-order valence-electron chi connectivity index (χ0n) is 18.8. The Labute approximate surface area is 194 Å². The SMILES string of the molecule is CCOc1cccc(Cn2c(=O)c3sccc3n(CC(=O)Nc3cccc(C)c3C)c2=O)c1. The van der Waals surface area contributed by atoms with E-state index in [0.29, 0.717) is 28.3 Å². The summed E-state index contributed by atoms with van der Waals surface area (Å²) in [6.07, 6.45) is 0. The summed E-state index contributed by atoms with van der Waals surface area (Å²) in [5, 5.41) is 4.64. The van der Waals surface area contributed by atoms with Crippen LogP contribution in [0.5, 0.6) is 5.75 Å². The highest BCUT2D eigenvalue weighted by molar-refractivity contribution is 7.17. The lowest BCUT2D eigenvalue weighted by Gasteiger charge is -2.14. The van der Waals surface area contributed by atoms with Crippen LogP contribution in [0, 0.1) is 13.8 Å². The van der Waals surface area contributed by atoms with Crippen LogP contribution < -0.4 is 21.3 Å². The molecule has 0 radical (unpaired) electrons. The van der Waals surface area contributed by atoms with E-state index in [1.165, 1.54) is 20.5 Å². The van der Waals surface area contributed by atoms with Crippen molar-refractivity contribution in [1.29, 1.82) is 0 Å². The van der Waals surface area contributed by atoms with Crippen molar-refractivity contribution in [2.45, 2.75) is 33.9 Å². The number of ether oxygens (including phenoxy) is 1. The minimum Gasteiger partial charge on any atom is -0.494 e. The Morgan fingerprint density at radius 1 is 1.06 bits per heavy atom. The first-order valence-electron chi connectivity index (χ1n) is 10.7. The van der Waals surface area contributed by atoms with Crippen LogP contribution >= 0.6 is 11.3 Å². The zero-order valence-corrected chi connectivity index (χ0v) is 19.6. The molecule has 8 heteroatoms. The van der Waals surface area contributed by atoms with Gasteiger partial charge in [0.15, 0.2) is 0 Å². The second kappa shape index (κ2) is 9.46. The number of hydrogen-bond acceptors (Lipinski definition) is 5. The van der Waals surface area contributed by atoms with E-state index in [1.54, 1.807) is 11.4 Å². The van der Waals surface area contributed by atoms with Gasteiger partial charge >= 0.3 is 5.69 Å². The van der Waals surface area contributed by atoms with Gasteiger partial charge in [0.1, 0.15) is 17.0 Å². The van der Waals surface area contributed by atoms with Crippen LogP contribution in [0.15, 0.2) is 63.5 Å². The number of amides is 1.